The number of hydrogen-bond acceptors (Lipinski definition) is 3. The second-order valence-corrected chi connectivity index (χ2v) is 5.53. The quantitative estimate of drug-likeness (QED) is 0.917. The normalized spacial score (nSPS) is 15.8. The smallest absolute Gasteiger partial charge is 0.147 e. The number of fused-ring (bicyclic) bond motifs is 1. The molecule has 1 atom stereocenters. The molecule has 2 aromatic rings. The molecule has 3 nitrogen and oxygen atoms in total. The zero-order valence-electron chi connectivity index (χ0n) is 12.4. The van der Waals surface area contributed by atoms with E-state index < -0.39 is 0 Å². The third-order valence-corrected chi connectivity index (χ3v) is 4.02. The van der Waals surface area contributed by atoms with Gasteiger partial charge < -0.3 is 15.5 Å². The Hall–Kier alpha value is -2.07. The standard InChI is InChI=1S/C17H20FN3/c1-12(19)13-6-5-7-14(18)17(13)21-11-10-20(2)15-8-3-4-9-16(15)21/h3-9,12H,10-11,19H2,1-2H3/t12-/m0/s1. The summed E-state index contributed by atoms with van der Waals surface area (Å²) in [5, 5.41) is 0. The van der Waals surface area contributed by atoms with Crippen molar-refractivity contribution in [3.63, 3.8) is 0 Å². The van der Waals surface area contributed by atoms with Crippen LogP contribution in [0.15, 0.2) is 42.5 Å². The summed E-state index contributed by atoms with van der Waals surface area (Å²) in [6.45, 7) is 3.48. The lowest BCUT2D eigenvalue weighted by Gasteiger charge is -2.38. The first kappa shape index (κ1) is 13.9. The van der Waals surface area contributed by atoms with Crippen LogP contribution in [-0.2, 0) is 0 Å². The molecule has 3 rings (SSSR count). The molecule has 0 bridgehead atoms. The monoisotopic (exact) mass is 285 g/mol. The Bertz CT molecular complexity index is 654. The van der Waals surface area contributed by atoms with E-state index in [1.165, 1.54) is 6.07 Å². The summed E-state index contributed by atoms with van der Waals surface area (Å²) in [5.74, 6) is -0.218. The van der Waals surface area contributed by atoms with E-state index in [4.69, 9.17) is 5.73 Å². The topological polar surface area (TPSA) is 32.5 Å². The number of nitrogens with zero attached hydrogens (tertiary/aromatic N) is 2. The molecule has 110 valence electrons. The molecule has 0 radical (unpaired) electrons. The van der Waals surface area contributed by atoms with Gasteiger partial charge in [-0.15, -0.1) is 0 Å². The van der Waals surface area contributed by atoms with E-state index in [2.05, 4.69) is 18.0 Å². The molecule has 1 aliphatic heterocycles. The highest BCUT2D eigenvalue weighted by molar-refractivity contribution is 5.80. The van der Waals surface area contributed by atoms with Gasteiger partial charge >= 0.3 is 0 Å². The average Bonchev–Trinajstić information content (AvgIpc) is 2.48. The maximum Gasteiger partial charge on any atom is 0.147 e. The molecule has 1 aliphatic rings. The number of hydrogen-bond donors (Lipinski definition) is 1. The lowest BCUT2D eigenvalue weighted by atomic mass is 10.0. The van der Waals surface area contributed by atoms with Gasteiger partial charge in [0, 0.05) is 26.2 Å². The fraction of sp³-hybridized carbons (Fsp3) is 0.294. The molecule has 0 saturated heterocycles. The van der Waals surface area contributed by atoms with Crippen molar-refractivity contribution in [2.45, 2.75) is 13.0 Å². The Kier molecular flexibility index (Phi) is 3.55. The van der Waals surface area contributed by atoms with Crippen LogP contribution in [0.25, 0.3) is 0 Å². The van der Waals surface area contributed by atoms with E-state index in [-0.39, 0.29) is 11.9 Å². The van der Waals surface area contributed by atoms with Gasteiger partial charge in [0.25, 0.3) is 0 Å². The molecule has 2 aromatic carbocycles. The minimum Gasteiger partial charge on any atom is -0.371 e. The Labute approximate surface area is 124 Å². The summed E-state index contributed by atoms with van der Waals surface area (Å²) >= 11 is 0. The molecular weight excluding hydrogens is 265 g/mol. The van der Waals surface area contributed by atoms with E-state index in [1.54, 1.807) is 6.07 Å². The van der Waals surface area contributed by atoms with E-state index in [0.29, 0.717) is 5.69 Å². The van der Waals surface area contributed by atoms with Crippen molar-refractivity contribution in [2.24, 2.45) is 5.73 Å². The van der Waals surface area contributed by atoms with Crippen molar-refractivity contribution in [3.8, 4) is 0 Å². The van der Waals surface area contributed by atoms with Crippen LogP contribution in [-0.4, -0.2) is 20.1 Å². The zero-order chi connectivity index (χ0) is 15.0. The maximum absolute atomic E-state index is 14.5. The molecule has 0 saturated carbocycles. The summed E-state index contributed by atoms with van der Waals surface area (Å²) in [6.07, 6.45) is 0. The van der Waals surface area contributed by atoms with Crippen LogP contribution in [0.4, 0.5) is 21.5 Å². The van der Waals surface area contributed by atoms with Gasteiger partial charge in [0.05, 0.1) is 17.1 Å². The van der Waals surface area contributed by atoms with Crippen LogP contribution in [0.2, 0.25) is 0 Å². The van der Waals surface area contributed by atoms with Gasteiger partial charge in [-0.3, -0.25) is 0 Å². The molecule has 2 N–H and O–H groups in total. The fourth-order valence-corrected chi connectivity index (χ4v) is 2.92. The van der Waals surface area contributed by atoms with Crippen LogP contribution in [0.1, 0.15) is 18.5 Å². The first-order chi connectivity index (χ1) is 10.1. The maximum atomic E-state index is 14.5. The predicted octanol–water partition coefficient (Wildman–Crippen LogP) is 3.43. The second kappa shape index (κ2) is 5.37. The van der Waals surface area contributed by atoms with E-state index in [1.807, 2.05) is 36.1 Å². The molecule has 0 unspecified atom stereocenters. The van der Waals surface area contributed by atoms with Crippen LogP contribution < -0.4 is 15.5 Å². The zero-order valence-corrected chi connectivity index (χ0v) is 12.4. The summed E-state index contributed by atoms with van der Waals surface area (Å²) in [7, 11) is 2.06. The molecule has 0 spiro atoms. The summed E-state index contributed by atoms with van der Waals surface area (Å²) in [4.78, 5) is 4.24. The number of nitrogens with two attached hydrogens (primary N) is 1. The SMILES string of the molecule is C[C@H](N)c1cccc(F)c1N1CCN(C)c2ccccc21. The lowest BCUT2D eigenvalue weighted by Crippen LogP contribution is -2.37. The molecule has 21 heavy (non-hydrogen) atoms. The van der Waals surface area contributed by atoms with Gasteiger partial charge in [-0.25, -0.2) is 4.39 Å². The molecule has 0 fully saturated rings. The van der Waals surface area contributed by atoms with Gasteiger partial charge in [0.1, 0.15) is 5.82 Å². The lowest BCUT2D eigenvalue weighted by molar-refractivity contribution is 0.617. The number of likely N-dealkylation sites (N-methyl/N-ethyl adjacent to an activating group) is 1. The molecule has 0 aromatic heterocycles. The Morgan fingerprint density at radius 2 is 1.76 bits per heavy atom. The highest BCUT2D eigenvalue weighted by Gasteiger charge is 2.25. The van der Waals surface area contributed by atoms with Crippen molar-refractivity contribution in [3.05, 3.63) is 53.8 Å². The number of para-hydroxylation sites is 3. The van der Waals surface area contributed by atoms with Gasteiger partial charge in [-0.2, -0.15) is 0 Å². The van der Waals surface area contributed by atoms with Gasteiger partial charge in [-0.05, 0) is 30.7 Å². The third kappa shape index (κ3) is 2.36. The van der Waals surface area contributed by atoms with Crippen molar-refractivity contribution < 1.29 is 4.39 Å². The molecular formula is C17H20FN3. The average molecular weight is 285 g/mol. The fourth-order valence-electron chi connectivity index (χ4n) is 2.92. The summed E-state index contributed by atoms with van der Waals surface area (Å²) in [6, 6.07) is 13.0. The van der Waals surface area contributed by atoms with Crippen LogP contribution in [0.5, 0.6) is 0 Å². The third-order valence-electron chi connectivity index (χ3n) is 4.02. The minimum absolute atomic E-state index is 0.206. The Balaban J connectivity index is 2.17. The first-order valence-electron chi connectivity index (χ1n) is 7.21. The second-order valence-electron chi connectivity index (χ2n) is 5.53. The van der Waals surface area contributed by atoms with Crippen molar-refractivity contribution in [1.82, 2.24) is 0 Å². The largest absolute Gasteiger partial charge is 0.371 e. The number of benzene rings is 2. The Morgan fingerprint density at radius 3 is 2.48 bits per heavy atom. The van der Waals surface area contributed by atoms with Crippen LogP contribution >= 0.6 is 0 Å². The highest BCUT2D eigenvalue weighted by Crippen LogP contribution is 2.40. The van der Waals surface area contributed by atoms with E-state index in [0.717, 1.165) is 30.0 Å². The number of halogens is 1. The van der Waals surface area contributed by atoms with E-state index >= 15 is 0 Å². The van der Waals surface area contributed by atoms with Crippen molar-refractivity contribution in [1.29, 1.82) is 0 Å². The number of rotatable bonds is 2. The molecule has 0 aliphatic carbocycles. The van der Waals surface area contributed by atoms with Crippen molar-refractivity contribution in [2.75, 3.05) is 29.9 Å². The molecule has 0 amide bonds. The van der Waals surface area contributed by atoms with Crippen LogP contribution in [0.3, 0.4) is 0 Å². The number of anilines is 3. The van der Waals surface area contributed by atoms with E-state index in [9.17, 15) is 4.39 Å². The molecule has 1 heterocycles. The first-order valence-corrected chi connectivity index (χ1v) is 7.21. The predicted molar refractivity (Wildman–Crippen MR) is 85.7 cm³/mol. The highest BCUT2D eigenvalue weighted by atomic mass is 19.1. The van der Waals surface area contributed by atoms with Gasteiger partial charge in [0.2, 0.25) is 0 Å². The minimum atomic E-state index is -0.218. The Morgan fingerprint density at radius 1 is 1.05 bits per heavy atom. The van der Waals surface area contributed by atoms with Crippen LogP contribution in [0, 0.1) is 5.82 Å². The van der Waals surface area contributed by atoms with Gasteiger partial charge in [-0.1, -0.05) is 24.3 Å². The summed E-state index contributed by atoms with van der Waals surface area (Å²) < 4.78 is 14.5. The molecule has 4 heteroatoms. The van der Waals surface area contributed by atoms with Gasteiger partial charge in [0.15, 0.2) is 0 Å². The summed E-state index contributed by atoms with van der Waals surface area (Å²) in [5.41, 5.74) is 9.62. The van der Waals surface area contributed by atoms with Crippen molar-refractivity contribution >= 4 is 17.1 Å².